The largest absolute Gasteiger partial charge is 0.508 e. The number of fused-ring (bicyclic) bond motifs is 3. The number of rotatable bonds is 18. The number of phenols is 1. The highest BCUT2D eigenvalue weighted by atomic mass is 16.3. The molecule has 39 heavy (non-hydrogen) atoms. The van der Waals surface area contributed by atoms with Crippen LogP contribution in [0.4, 0.5) is 0 Å². The number of hydrogen-bond donors (Lipinski definition) is 1. The molecule has 0 aliphatic heterocycles. The van der Waals surface area contributed by atoms with Crippen molar-refractivity contribution in [3.05, 3.63) is 76.9 Å². The van der Waals surface area contributed by atoms with Crippen LogP contribution in [0.1, 0.15) is 132 Å². The standard InChI is InChI=1S/C38H52O/c1-3-5-7-9-10-11-12-13-15-17-24-35-37(39)28-27-30(21-16-14-8-6-4-2)38(35)34-26-20-25-33-32-23-19-18-22-31(32)29-36(33)34/h18-20,22-23,25-28,39H,3-17,21,24,29H2,1-2H3. The molecule has 0 radical (unpaired) electrons. The lowest BCUT2D eigenvalue weighted by molar-refractivity contribution is 0.466. The second kappa shape index (κ2) is 15.9. The second-order valence-electron chi connectivity index (χ2n) is 11.9. The zero-order valence-electron chi connectivity index (χ0n) is 24.9. The molecule has 0 heterocycles. The topological polar surface area (TPSA) is 20.2 Å². The van der Waals surface area contributed by atoms with Gasteiger partial charge in [0.25, 0.3) is 0 Å². The van der Waals surface area contributed by atoms with E-state index >= 15 is 0 Å². The predicted octanol–water partition coefficient (Wildman–Crippen LogP) is 11.6. The van der Waals surface area contributed by atoms with E-state index in [-0.39, 0.29) is 0 Å². The summed E-state index contributed by atoms with van der Waals surface area (Å²) in [6, 6.07) is 19.9. The smallest absolute Gasteiger partial charge is 0.119 e. The van der Waals surface area contributed by atoms with E-state index in [0.717, 1.165) is 25.7 Å². The molecule has 1 N–H and O–H groups in total. The fourth-order valence-corrected chi connectivity index (χ4v) is 6.58. The van der Waals surface area contributed by atoms with Gasteiger partial charge in [-0.15, -0.1) is 0 Å². The van der Waals surface area contributed by atoms with Gasteiger partial charge in [-0.1, -0.05) is 146 Å². The summed E-state index contributed by atoms with van der Waals surface area (Å²) in [7, 11) is 0. The van der Waals surface area contributed by atoms with E-state index in [4.69, 9.17) is 0 Å². The van der Waals surface area contributed by atoms with Gasteiger partial charge >= 0.3 is 0 Å². The van der Waals surface area contributed by atoms with Gasteiger partial charge in [0, 0.05) is 5.56 Å². The van der Waals surface area contributed by atoms with Gasteiger partial charge in [0.2, 0.25) is 0 Å². The molecule has 1 aliphatic carbocycles. The minimum Gasteiger partial charge on any atom is -0.508 e. The highest BCUT2D eigenvalue weighted by molar-refractivity contribution is 5.87. The summed E-state index contributed by atoms with van der Waals surface area (Å²) < 4.78 is 0. The summed E-state index contributed by atoms with van der Waals surface area (Å²) in [5, 5.41) is 11.2. The minimum atomic E-state index is 0.490. The maximum Gasteiger partial charge on any atom is 0.119 e. The number of phenolic OH excluding ortho intramolecular Hbond substituents is 1. The Labute approximate surface area is 239 Å². The van der Waals surface area contributed by atoms with E-state index in [9.17, 15) is 5.11 Å². The fraction of sp³-hybridized carbons (Fsp3) is 0.526. The van der Waals surface area contributed by atoms with Crippen LogP contribution in [0.3, 0.4) is 0 Å². The third-order valence-corrected chi connectivity index (χ3v) is 8.82. The number of hydrogen-bond acceptors (Lipinski definition) is 1. The molecule has 3 aromatic rings. The van der Waals surface area contributed by atoms with Crippen LogP contribution in [0.15, 0.2) is 54.6 Å². The number of unbranched alkanes of at least 4 members (excludes halogenated alkanes) is 13. The molecular weight excluding hydrogens is 472 g/mol. The van der Waals surface area contributed by atoms with Gasteiger partial charge in [0.05, 0.1) is 0 Å². The van der Waals surface area contributed by atoms with Gasteiger partial charge in [-0.3, -0.25) is 0 Å². The van der Waals surface area contributed by atoms with Gasteiger partial charge in [0.15, 0.2) is 0 Å². The van der Waals surface area contributed by atoms with Crippen molar-refractivity contribution in [2.75, 3.05) is 0 Å². The van der Waals surface area contributed by atoms with E-state index in [1.165, 1.54) is 134 Å². The lowest BCUT2D eigenvalue weighted by Crippen LogP contribution is -2.01. The molecule has 0 saturated carbocycles. The number of benzene rings is 3. The first-order valence-corrected chi connectivity index (χ1v) is 16.3. The first-order valence-electron chi connectivity index (χ1n) is 16.3. The van der Waals surface area contributed by atoms with Crippen LogP contribution in [0.5, 0.6) is 5.75 Å². The number of aryl methyl sites for hydroxylation is 1. The van der Waals surface area contributed by atoms with Crippen molar-refractivity contribution in [2.24, 2.45) is 0 Å². The van der Waals surface area contributed by atoms with Gasteiger partial charge in [-0.2, -0.15) is 0 Å². The SMILES string of the molecule is CCCCCCCCCCCCc1c(O)ccc(CCCCCCC)c1-c1cccc2c1Cc1ccccc1-2. The summed E-state index contributed by atoms with van der Waals surface area (Å²) in [6.45, 7) is 4.57. The Hall–Kier alpha value is -2.54. The first-order chi connectivity index (χ1) is 19.2. The molecule has 4 rings (SSSR count). The Kier molecular flexibility index (Phi) is 12.0. The Morgan fingerprint density at radius 3 is 1.79 bits per heavy atom. The molecule has 0 fully saturated rings. The Morgan fingerprint density at radius 1 is 0.538 bits per heavy atom. The molecule has 0 spiro atoms. The van der Waals surface area contributed by atoms with Gasteiger partial charge in [-0.05, 0) is 77.1 Å². The van der Waals surface area contributed by atoms with Crippen molar-refractivity contribution in [2.45, 2.75) is 129 Å². The van der Waals surface area contributed by atoms with Crippen molar-refractivity contribution in [3.8, 4) is 28.0 Å². The Morgan fingerprint density at radius 2 is 1.10 bits per heavy atom. The van der Waals surface area contributed by atoms with E-state index in [1.54, 1.807) is 0 Å². The Bertz CT molecular complexity index is 1160. The maximum atomic E-state index is 11.2. The van der Waals surface area contributed by atoms with Crippen molar-refractivity contribution >= 4 is 0 Å². The molecule has 0 saturated heterocycles. The van der Waals surface area contributed by atoms with Gasteiger partial charge in [0.1, 0.15) is 5.75 Å². The highest BCUT2D eigenvalue weighted by Gasteiger charge is 2.24. The summed E-state index contributed by atoms with van der Waals surface area (Å²) in [6.07, 6.45) is 22.9. The molecule has 210 valence electrons. The summed E-state index contributed by atoms with van der Waals surface area (Å²) in [4.78, 5) is 0. The van der Waals surface area contributed by atoms with Gasteiger partial charge < -0.3 is 5.11 Å². The monoisotopic (exact) mass is 524 g/mol. The molecule has 0 aromatic heterocycles. The number of aromatic hydroxyl groups is 1. The molecule has 1 aliphatic rings. The average molecular weight is 525 g/mol. The lowest BCUT2D eigenvalue weighted by atomic mass is 9.85. The van der Waals surface area contributed by atoms with Crippen LogP contribution in [-0.2, 0) is 19.3 Å². The molecule has 0 unspecified atom stereocenters. The van der Waals surface area contributed by atoms with Crippen molar-refractivity contribution in [1.82, 2.24) is 0 Å². The summed E-state index contributed by atoms with van der Waals surface area (Å²) in [5.41, 5.74) is 10.9. The van der Waals surface area contributed by atoms with Crippen molar-refractivity contribution in [3.63, 3.8) is 0 Å². The zero-order valence-corrected chi connectivity index (χ0v) is 24.9. The highest BCUT2D eigenvalue weighted by Crippen LogP contribution is 2.45. The third-order valence-electron chi connectivity index (χ3n) is 8.82. The fourth-order valence-electron chi connectivity index (χ4n) is 6.58. The molecule has 0 atom stereocenters. The van der Waals surface area contributed by atoms with Crippen LogP contribution in [0.2, 0.25) is 0 Å². The normalized spacial score (nSPS) is 12.1. The van der Waals surface area contributed by atoms with Crippen molar-refractivity contribution < 1.29 is 5.11 Å². The molecule has 1 nitrogen and oxygen atoms in total. The predicted molar refractivity (Wildman–Crippen MR) is 170 cm³/mol. The first kappa shape index (κ1) is 29.4. The van der Waals surface area contributed by atoms with E-state index < -0.39 is 0 Å². The average Bonchev–Trinajstić information content (AvgIpc) is 3.34. The third kappa shape index (κ3) is 8.00. The van der Waals surface area contributed by atoms with Crippen molar-refractivity contribution in [1.29, 1.82) is 0 Å². The summed E-state index contributed by atoms with van der Waals surface area (Å²) >= 11 is 0. The molecule has 0 bridgehead atoms. The maximum absolute atomic E-state index is 11.2. The minimum absolute atomic E-state index is 0.490. The van der Waals surface area contributed by atoms with Gasteiger partial charge in [-0.25, -0.2) is 0 Å². The van der Waals surface area contributed by atoms with Crippen LogP contribution in [0, 0.1) is 0 Å². The zero-order chi connectivity index (χ0) is 27.3. The molecular formula is C38H52O. The van der Waals surface area contributed by atoms with Crippen LogP contribution in [0.25, 0.3) is 22.3 Å². The molecule has 0 amide bonds. The van der Waals surface area contributed by atoms with E-state index in [2.05, 4.69) is 62.4 Å². The van der Waals surface area contributed by atoms with Crippen LogP contribution >= 0.6 is 0 Å². The summed E-state index contributed by atoms with van der Waals surface area (Å²) in [5.74, 6) is 0.490. The quantitative estimate of drug-likeness (QED) is 0.128. The van der Waals surface area contributed by atoms with E-state index in [1.807, 2.05) is 6.07 Å². The van der Waals surface area contributed by atoms with E-state index in [0.29, 0.717) is 5.75 Å². The lowest BCUT2D eigenvalue weighted by Gasteiger charge is -2.20. The Balaban J connectivity index is 1.50. The second-order valence-corrected chi connectivity index (χ2v) is 11.9. The van der Waals surface area contributed by atoms with Crippen LogP contribution < -0.4 is 0 Å². The molecule has 3 aromatic carbocycles. The van der Waals surface area contributed by atoms with Crippen LogP contribution in [-0.4, -0.2) is 5.11 Å². The molecule has 1 heteroatoms.